The van der Waals surface area contributed by atoms with Crippen molar-refractivity contribution in [2.75, 3.05) is 20.6 Å². The van der Waals surface area contributed by atoms with Gasteiger partial charge in [0.1, 0.15) is 0 Å². The highest BCUT2D eigenvalue weighted by Gasteiger charge is 2.16. The molecule has 0 radical (unpaired) electrons. The molecule has 1 aromatic heterocycles. The maximum atomic E-state index is 4.20. The van der Waals surface area contributed by atoms with Crippen LogP contribution in [0, 0.1) is 0 Å². The summed E-state index contributed by atoms with van der Waals surface area (Å²) in [5.74, 6) is 0. The summed E-state index contributed by atoms with van der Waals surface area (Å²) in [4.78, 5) is 6.44. The second-order valence-electron chi connectivity index (χ2n) is 4.42. The summed E-state index contributed by atoms with van der Waals surface area (Å²) >= 11 is 0. The van der Waals surface area contributed by atoms with Crippen LogP contribution in [0.1, 0.15) is 24.8 Å². The Hall–Kier alpha value is -0.860. The Morgan fingerprint density at radius 2 is 2.12 bits per heavy atom. The lowest BCUT2D eigenvalue weighted by molar-refractivity contribution is 0.442. The highest BCUT2D eigenvalue weighted by Crippen LogP contribution is 2.33. The average Bonchev–Trinajstić information content (AvgIpc) is 2.66. The van der Waals surface area contributed by atoms with Crippen molar-refractivity contribution in [2.45, 2.75) is 19.3 Å². The van der Waals surface area contributed by atoms with Gasteiger partial charge in [0.15, 0.2) is 0 Å². The summed E-state index contributed by atoms with van der Waals surface area (Å²) in [5, 5.41) is 0. The zero-order valence-corrected chi connectivity index (χ0v) is 10.8. The predicted octanol–water partition coefficient (Wildman–Crippen LogP) is 3.00. The molecule has 0 bridgehead atoms. The van der Waals surface area contributed by atoms with E-state index in [0.717, 1.165) is 6.54 Å². The van der Waals surface area contributed by atoms with Gasteiger partial charge in [-0.3, -0.25) is 4.98 Å². The fourth-order valence-corrected chi connectivity index (χ4v) is 2.25. The molecule has 0 spiro atoms. The Labute approximate surface area is 104 Å². The molecule has 16 heavy (non-hydrogen) atoms. The number of halogens is 1. The van der Waals surface area contributed by atoms with E-state index < -0.39 is 0 Å². The van der Waals surface area contributed by atoms with Gasteiger partial charge < -0.3 is 4.90 Å². The van der Waals surface area contributed by atoms with Gasteiger partial charge in [0.25, 0.3) is 0 Å². The molecule has 0 fully saturated rings. The van der Waals surface area contributed by atoms with Gasteiger partial charge in [-0.15, -0.1) is 12.4 Å². The van der Waals surface area contributed by atoms with E-state index >= 15 is 0 Å². The van der Waals surface area contributed by atoms with Crippen molar-refractivity contribution in [1.29, 1.82) is 0 Å². The van der Waals surface area contributed by atoms with Crippen molar-refractivity contribution < 1.29 is 0 Å². The molecule has 1 aliphatic rings. The van der Waals surface area contributed by atoms with E-state index in [9.17, 15) is 0 Å². The average molecular weight is 239 g/mol. The molecule has 88 valence electrons. The van der Waals surface area contributed by atoms with Gasteiger partial charge in [0.05, 0.1) is 0 Å². The van der Waals surface area contributed by atoms with Gasteiger partial charge in [-0.2, -0.15) is 0 Å². The molecule has 1 aromatic rings. The lowest BCUT2D eigenvalue weighted by Gasteiger charge is -2.13. The van der Waals surface area contributed by atoms with E-state index in [4.69, 9.17) is 0 Å². The van der Waals surface area contributed by atoms with Gasteiger partial charge in [-0.1, -0.05) is 11.6 Å². The van der Waals surface area contributed by atoms with Gasteiger partial charge in [0, 0.05) is 18.9 Å². The van der Waals surface area contributed by atoms with E-state index in [0.29, 0.717) is 0 Å². The summed E-state index contributed by atoms with van der Waals surface area (Å²) in [6.07, 6.45) is 7.59. The Kier molecular flexibility index (Phi) is 4.97. The van der Waals surface area contributed by atoms with Crippen LogP contribution < -0.4 is 0 Å². The van der Waals surface area contributed by atoms with Crippen molar-refractivity contribution in [3.05, 3.63) is 35.7 Å². The first-order chi connectivity index (χ1) is 7.27. The smallest absolute Gasteiger partial charge is 0.0343 e. The molecule has 2 rings (SSSR count). The van der Waals surface area contributed by atoms with E-state index in [-0.39, 0.29) is 12.4 Å². The maximum Gasteiger partial charge on any atom is 0.0343 e. The summed E-state index contributed by atoms with van der Waals surface area (Å²) in [6, 6.07) is 4.19. The van der Waals surface area contributed by atoms with Crippen LogP contribution >= 0.6 is 12.4 Å². The molecule has 0 saturated carbocycles. The topological polar surface area (TPSA) is 16.1 Å². The minimum Gasteiger partial charge on any atom is -0.305 e. The van der Waals surface area contributed by atoms with Gasteiger partial charge in [-0.05, 0) is 50.6 Å². The van der Waals surface area contributed by atoms with Crippen LogP contribution in [0.5, 0.6) is 0 Å². The Morgan fingerprint density at radius 3 is 2.75 bits per heavy atom. The van der Waals surface area contributed by atoms with Crippen LogP contribution in [0.3, 0.4) is 0 Å². The molecule has 1 aliphatic carbocycles. The highest BCUT2D eigenvalue weighted by atomic mass is 35.5. The molecule has 0 saturated heterocycles. The molecule has 0 amide bonds. The van der Waals surface area contributed by atoms with Crippen molar-refractivity contribution in [3.63, 3.8) is 0 Å². The number of hydrogen-bond donors (Lipinski definition) is 0. The number of allylic oxidation sites excluding steroid dienone is 1. The number of nitrogens with zero attached hydrogens (tertiary/aromatic N) is 2. The van der Waals surface area contributed by atoms with E-state index in [1.165, 1.54) is 30.4 Å². The van der Waals surface area contributed by atoms with Crippen LogP contribution in [0.4, 0.5) is 0 Å². The largest absolute Gasteiger partial charge is 0.305 e. The molecular weight excluding hydrogens is 220 g/mol. The number of hydrogen-bond acceptors (Lipinski definition) is 2. The molecular formula is C13H19ClN2. The third kappa shape index (κ3) is 3.06. The molecule has 0 unspecified atom stereocenters. The Bertz CT molecular complexity index is 357. The number of likely N-dealkylation sites (N-methyl/N-ethyl adjacent to an activating group) is 1. The standard InChI is InChI=1S/C13H18N2.ClH/c1-15(2)10-12-5-3-7-13(12)11-6-4-8-14-9-11;/h4,6,8-9H,3,5,7,10H2,1-2H3;1H. The monoisotopic (exact) mass is 238 g/mol. The van der Waals surface area contributed by atoms with Gasteiger partial charge in [-0.25, -0.2) is 0 Å². The van der Waals surface area contributed by atoms with Crippen LogP contribution in [-0.2, 0) is 0 Å². The fraction of sp³-hybridized carbons (Fsp3) is 0.462. The van der Waals surface area contributed by atoms with Crippen LogP contribution in [0.2, 0.25) is 0 Å². The summed E-state index contributed by atoms with van der Waals surface area (Å²) < 4.78 is 0. The van der Waals surface area contributed by atoms with E-state index in [2.05, 4.69) is 30.0 Å². The SMILES string of the molecule is CN(C)CC1=C(c2cccnc2)CCC1.Cl. The first-order valence-electron chi connectivity index (χ1n) is 5.53. The second kappa shape index (κ2) is 6.02. The fourth-order valence-electron chi connectivity index (χ4n) is 2.25. The van der Waals surface area contributed by atoms with E-state index in [1.807, 2.05) is 18.5 Å². The van der Waals surface area contributed by atoms with Crippen molar-refractivity contribution in [1.82, 2.24) is 9.88 Å². The maximum absolute atomic E-state index is 4.20. The van der Waals surface area contributed by atoms with Crippen molar-refractivity contribution in [2.24, 2.45) is 0 Å². The predicted molar refractivity (Wildman–Crippen MR) is 70.8 cm³/mol. The summed E-state index contributed by atoms with van der Waals surface area (Å²) in [6.45, 7) is 1.09. The zero-order chi connectivity index (χ0) is 10.7. The second-order valence-corrected chi connectivity index (χ2v) is 4.42. The normalized spacial score (nSPS) is 15.4. The first-order valence-corrected chi connectivity index (χ1v) is 5.53. The molecule has 2 nitrogen and oxygen atoms in total. The Balaban J connectivity index is 0.00000128. The Morgan fingerprint density at radius 1 is 1.31 bits per heavy atom. The van der Waals surface area contributed by atoms with Crippen molar-refractivity contribution in [3.8, 4) is 0 Å². The first kappa shape index (κ1) is 13.2. The van der Waals surface area contributed by atoms with Crippen LogP contribution in [0.25, 0.3) is 5.57 Å². The van der Waals surface area contributed by atoms with Crippen molar-refractivity contribution >= 4 is 18.0 Å². The number of aromatic nitrogens is 1. The third-order valence-corrected chi connectivity index (χ3v) is 2.85. The van der Waals surface area contributed by atoms with Crippen LogP contribution in [0.15, 0.2) is 30.1 Å². The number of pyridine rings is 1. The number of rotatable bonds is 3. The minimum absolute atomic E-state index is 0. The van der Waals surface area contributed by atoms with Gasteiger partial charge in [0.2, 0.25) is 0 Å². The summed E-state index contributed by atoms with van der Waals surface area (Å²) in [5.41, 5.74) is 4.43. The quantitative estimate of drug-likeness (QED) is 0.805. The molecule has 0 N–H and O–H groups in total. The lowest BCUT2D eigenvalue weighted by Crippen LogP contribution is -2.14. The highest BCUT2D eigenvalue weighted by molar-refractivity contribution is 5.85. The van der Waals surface area contributed by atoms with Gasteiger partial charge >= 0.3 is 0 Å². The molecule has 0 aromatic carbocycles. The third-order valence-electron chi connectivity index (χ3n) is 2.85. The summed E-state index contributed by atoms with van der Waals surface area (Å²) in [7, 11) is 4.26. The molecule has 0 aliphatic heterocycles. The van der Waals surface area contributed by atoms with Crippen LogP contribution in [-0.4, -0.2) is 30.5 Å². The molecule has 0 atom stereocenters. The van der Waals surface area contributed by atoms with E-state index in [1.54, 1.807) is 5.57 Å². The molecule has 1 heterocycles. The minimum atomic E-state index is 0. The zero-order valence-electron chi connectivity index (χ0n) is 9.94. The molecule has 3 heteroatoms. The lowest BCUT2D eigenvalue weighted by atomic mass is 10.0.